The quantitative estimate of drug-likeness (QED) is 0.264. The lowest BCUT2D eigenvalue weighted by Gasteiger charge is -2.12. The fourth-order valence-electron chi connectivity index (χ4n) is 3.71. The van der Waals surface area contributed by atoms with E-state index in [-0.39, 0.29) is 5.91 Å². The van der Waals surface area contributed by atoms with Crippen LogP contribution in [0.1, 0.15) is 28.2 Å². The van der Waals surface area contributed by atoms with Crippen molar-refractivity contribution in [3.05, 3.63) is 93.2 Å². The lowest BCUT2D eigenvalue weighted by molar-refractivity contribution is 0.0953. The van der Waals surface area contributed by atoms with Crippen molar-refractivity contribution in [2.24, 2.45) is 0 Å². The van der Waals surface area contributed by atoms with Gasteiger partial charge in [0.05, 0.1) is 17.6 Å². The van der Waals surface area contributed by atoms with Gasteiger partial charge >= 0.3 is 0 Å². The van der Waals surface area contributed by atoms with Gasteiger partial charge in [-0.2, -0.15) is 0 Å². The van der Waals surface area contributed by atoms with E-state index in [2.05, 4.69) is 31.9 Å². The number of hydrogen-bond acceptors (Lipinski definition) is 3. The molecular formula is C26H25BrClN3O2. The molecule has 4 aromatic rings. The van der Waals surface area contributed by atoms with Crippen LogP contribution in [0.25, 0.3) is 11.0 Å². The average Bonchev–Trinajstić information content (AvgIpc) is 3.16. The predicted molar refractivity (Wildman–Crippen MR) is 136 cm³/mol. The molecule has 0 unspecified atom stereocenters. The third kappa shape index (κ3) is 5.95. The summed E-state index contributed by atoms with van der Waals surface area (Å²) in [6.07, 6.45) is 1.55. The molecule has 33 heavy (non-hydrogen) atoms. The Balaban J connectivity index is 1.37. The normalized spacial score (nSPS) is 11.0. The van der Waals surface area contributed by atoms with Crippen LogP contribution >= 0.6 is 27.5 Å². The number of imidazole rings is 1. The van der Waals surface area contributed by atoms with Crippen molar-refractivity contribution in [2.75, 3.05) is 13.2 Å². The Kier molecular flexibility index (Phi) is 7.68. The van der Waals surface area contributed by atoms with E-state index < -0.39 is 0 Å². The molecule has 1 heterocycles. The fourth-order valence-corrected chi connectivity index (χ4v) is 4.22. The van der Waals surface area contributed by atoms with E-state index in [0.29, 0.717) is 25.3 Å². The Morgan fingerprint density at radius 2 is 1.97 bits per heavy atom. The summed E-state index contributed by atoms with van der Waals surface area (Å²) in [4.78, 5) is 17.2. The Bertz CT molecular complexity index is 1270. The van der Waals surface area contributed by atoms with Crippen molar-refractivity contribution in [1.82, 2.24) is 14.9 Å². The highest BCUT2D eigenvalue weighted by atomic mass is 79.9. The molecule has 1 aromatic heterocycles. The Hall–Kier alpha value is -2.83. The lowest BCUT2D eigenvalue weighted by Crippen LogP contribution is -2.25. The van der Waals surface area contributed by atoms with E-state index in [9.17, 15) is 4.79 Å². The van der Waals surface area contributed by atoms with E-state index in [1.54, 1.807) is 0 Å². The second kappa shape index (κ2) is 10.9. The van der Waals surface area contributed by atoms with Gasteiger partial charge in [0.15, 0.2) is 0 Å². The molecule has 5 nitrogen and oxygen atoms in total. The topological polar surface area (TPSA) is 56.1 Å². The van der Waals surface area contributed by atoms with E-state index in [1.807, 2.05) is 67.6 Å². The van der Waals surface area contributed by atoms with E-state index >= 15 is 0 Å². The van der Waals surface area contributed by atoms with Gasteiger partial charge in [0, 0.05) is 28.0 Å². The van der Waals surface area contributed by atoms with Gasteiger partial charge in [-0.1, -0.05) is 45.7 Å². The molecule has 0 saturated heterocycles. The molecule has 3 aromatic carbocycles. The Labute approximate surface area is 206 Å². The number of aromatic nitrogens is 2. The van der Waals surface area contributed by atoms with Crippen molar-refractivity contribution < 1.29 is 9.53 Å². The molecule has 170 valence electrons. The molecule has 0 aliphatic carbocycles. The van der Waals surface area contributed by atoms with E-state index in [0.717, 1.165) is 50.5 Å². The molecule has 0 radical (unpaired) electrons. The number of carbonyl (C=O) groups excluding carboxylic acids is 1. The summed E-state index contributed by atoms with van der Waals surface area (Å²) >= 11 is 9.51. The van der Waals surface area contributed by atoms with Crippen LogP contribution in [0, 0.1) is 6.92 Å². The van der Waals surface area contributed by atoms with Crippen molar-refractivity contribution in [3.8, 4) is 5.75 Å². The molecule has 0 spiro atoms. The zero-order valence-electron chi connectivity index (χ0n) is 18.4. The fraction of sp³-hybridized carbons (Fsp3) is 0.231. The minimum Gasteiger partial charge on any atom is -0.492 e. The molecule has 7 heteroatoms. The molecule has 1 N–H and O–H groups in total. The Morgan fingerprint density at radius 3 is 2.79 bits per heavy atom. The summed E-state index contributed by atoms with van der Waals surface area (Å²) in [6, 6.07) is 21.2. The maximum Gasteiger partial charge on any atom is 0.251 e. The third-order valence-corrected chi connectivity index (χ3v) is 6.31. The molecule has 0 atom stereocenters. The van der Waals surface area contributed by atoms with Crippen molar-refractivity contribution in [2.45, 2.75) is 26.3 Å². The number of nitrogens with zero attached hydrogens (tertiary/aromatic N) is 2. The maximum atomic E-state index is 12.4. The van der Waals surface area contributed by atoms with Crippen LogP contribution in [-0.2, 0) is 13.0 Å². The highest BCUT2D eigenvalue weighted by Gasteiger charge is 2.11. The van der Waals surface area contributed by atoms with Crippen molar-refractivity contribution in [3.63, 3.8) is 0 Å². The standard InChI is InChI=1S/C26H25BrClN3O2/c1-18-16-21(11-12-22(18)28)33-15-14-31-24-9-3-2-8-23(24)30-25(31)10-5-13-29-26(32)19-6-4-7-20(27)17-19/h2-4,6-9,11-12,16-17H,5,10,13-15H2,1H3,(H,29,32). The summed E-state index contributed by atoms with van der Waals surface area (Å²) in [7, 11) is 0. The molecule has 0 aliphatic rings. The van der Waals surface area contributed by atoms with Gasteiger partial charge in [-0.3, -0.25) is 4.79 Å². The molecule has 0 bridgehead atoms. The monoisotopic (exact) mass is 525 g/mol. The predicted octanol–water partition coefficient (Wildman–Crippen LogP) is 6.20. The highest BCUT2D eigenvalue weighted by molar-refractivity contribution is 9.10. The number of fused-ring (bicyclic) bond motifs is 1. The first-order chi connectivity index (χ1) is 16.0. The number of para-hydroxylation sites is 2. The highest BCUT2D eigenvalue weighted by Crippen LogP contribution is 2.22. The minimum atomic E-state index is -0.0727. The van der Waals surface area contributed by atoms with Gasteiger partial charge in [0.1, 0.15) is 18.2 Å². The number of hydrogen-bond donors (Lipinski definition) is 1. The SMILES string of the molecule is Cc1cc(OCCn2c(CCCNC(=O)c3cccc(Br)c3)nc3ccccc32)ccc1Cl. The molecule has 4 rings (SSSR count). The van der Waals surface area contributed by atoms with Crippen LogP contribution in [0.3, 0.4) is 0 Å². The number of halogens is 2. The molecule has 0 aliphatic heterocycles. The summed E-state index contributed by atoms with van der Waals surface area (Å²) in [6.45, 7) is 3.75. The van der Waals surface area contributed by atoms with E-state index in [1.165, 1.54) is 0 Å². The summed E-state index contributed by atoms with van der Waals surface area (Å²) < 4.78 is 9.06. The van der Waals surface area contributed by atoms with Crippen molar-refractivity contribution >= 4 is 44.5 Å². The van der Waals surface area contributed by atoms with Gasteiger partial charge in [0.2, 0.25) is 0 Å². The lowest BCUT2D eigenvalue weighted by atomic mass is 10.2. The van der Waals surface area contributed by atoms with Gasteiger partial charge in [0.25, 0.3) is 5.91 Å². The summed E-state index contributed by atoms with van der Waals surface area (Å²) in [5.74, 6) is 1.72. The van der Waals surface area contributed by atoms with Gasteiger partial charge < -0.3 is 14.6 Å². The van der Waals surface area contributed by atoms with Crippen LogP contribution in [0.2, 0.25) is 5.02 Å². The Morgan fingerprint density at radius 1 is 1.12 bits per heavy atom. The number of nitrogens with one attached hydrogen (secondary N) is 1. The third-order valence-electron chi connectivity index (χ3n) is 5.40. The second-order valence-electron chi connectivity index (χ2n) is 7.80. The molecule has 1 amide bonds. The number of carbonyl (C=O) groups is 1. The first kappa shape index (κ1) is 23.3. The van der Waals surface area contributed by atoms with E-state index in [4.69, 9.17) is 21.3 Å². The number of ether oxygens (including phenoxy) is 1. The molecule has 0 saturated carbocycles. The number of rotatable bonds is 9. The number of benzene rings is 3. The zero-order chi connectivity index (χ0) is 23.2. The van der Waals surface area contributed by atoms with Crippen LogP contribution in [0.5, 0.6) is 5.75 Å². The second-order valence-corrected chi connectivity index (χ2v) is 9.12. The van der Waals surface area contributed by atoms with Gasteiger partial charge in [-0.05, 0) is 67.4 Å². The van der Waals surface area contributed by atoms with Crippen LogP contribution in [0.15, 0.2) is 71.2 Å². The smallest absolute Gasteiger partial charge is 0.251 e. The summed E-state index contributed by atoms with van der Waals surface area (Å²) in [5.41, 5.74) is 3.69. The first-order valence-corrected chi connectivity index (χ1v) is 12.1. The maximum absolute atomic E-state index is 12.4. The minimum absolute atomic E-state index is 0.0727. The van der Waals surface area contributed by atoms with Gasteiger partial charge in [-0.15, -0.1) is 0 Å². The van der Waals surface area contributed by atoms with Gasteiger partial charge in [-0.25, -0.2) is 4.98 Å². The summed E-state index contributed by atoms with van der Waals surface area (Å²) in [5, 5.41) is 3.73. The number of amides is 1. The van der Waals surface area contributed by atoms with Crippen molar-refractivity contribution in [1.29, 1.82) is 0 Å². The average molecular weight is 527 g/mol. The number of aryl methyl sites for hydroxylation is 2. The van der Waals surface area contributed by atoms with Crippen LogP contribution in [0.4, 0.5) is 0 Å². The zero-order valence-corrected chi connectivity index (χ0v) is 20.7. The van der Waals surface area contributed by atoms with Crippen LogP contribution in [-0.4, -0.2) is 28.6 Å². The first-order valence-electron chi connectivity index (χ1n) is 10.9. The largest absolute Gasteiger partial charge is 0.492 e. The van der Waals surface area contributed by atoms with Crippen LogP contribution < -0.4 is 10.1 Å². The molecular weight excluding hydrogens is 502 g/mol. The molecule has 0 fully saturated rings.